The summed E-state index contributed by atoms with van der Waals surface area (Å²) in [6.45, 7) is 0.801. The van der Waals surface area contributed by atoms with Gasteiger partial charge in [-0.15, -0.1) is 0 Å². The van der Waals surface area contributed by atoms with E-state index in [1.807, 2.05) is 47.4 Å². The molecule has 33 heavy (non-hydrogen) atoms. The highest BCUT2D eigenvalue weighted by atomic mass is 16.5. The molecule has 0 radical (unpaired) electrons. The topological polar surface area (TPSA) is 53.0 Å². The van der Waals surface area contributed by atoms with Crippen molar-refractivity contribution in [2.75, 3.05) is 32.2 Å². The van der Waals surface area contributed by atoms with Gasteiger partial charge in [-0.25, -0.2) is 0 Å². The number of likely N-dealkylation sites (N-methyl/N-ethyl adjacent to an activating group) is 1. The largest absolute Gasteiger partial charge is 0.497 e. The molecule has 5 rings (SSSR count). The Bertz CT molecular complexity index is 1130. The number of anilines is 1. The lowest BCUT2D eigenvalue weighted by molar-refractivity contribution is -0.132. The van der Waals surface area contributed by atoms with Crippen LogP contribution in [0, 0.1) is 5.92 Å². The number of ether oxygens (including phenoxy) is 1. The number of methoxy groups -OCH3 is 1. The van der Waals surface area contributed by atoms with Crippen molar-refractivity contribution in [1.82, 2.24) is 4.90 Å². The summed E-state index contributed by atoms with van der Waals surface area (Å²) in [6.07, 6.45) is 1.30. The number of likely N-dealkylation sites (tertiary alicyclic amines) is 1. The van der Waals surface area contributed by atoms with Crippen LogP contribution in [-0.4, -0.2) is 49.3 Å². The molecule has 5 nitrogen and oxygen atoms in total. The number of hydrogen-bond acceptors (Lipinski definition) is 4. The summed E-state index contributed by atoms with van der Waals surface area (Å²) in [7, 11) is 3.72. The molecule has 0 unspecified atom stereocenters. The molecule has 3 atom stereocenters. The second kappa shape index (κ2) is 8.91. The predicted octanol–water partition coefficient (Wildman–Crippen LogP) is 4.31. The molecular weight excluding hydrogens is 412 g/mol. The van der Waals surface area contributed by atoms with E-state index in [1.54, 1.807) is 7.11 Å². The Balaban J connectivity index is 1.53. The average molecular weight is 443 g/mol. The van der Waals surface area contributed by atoms with Gasteiger partial charge in [0.05, 0.1) is 32.2 Å². The first-order chi connectivity index (χ1) is 16.1. The molecule has 1 saturated heterocycles. The van der Waals surface area contributed by atoms with Gasteiger partial charge in [0, 0.05) is 25.2 Å². The van der Waals surface area contributed by atoms with Gasteiger partial charge in [-0.05, 0) is 52.9 Å². The molecule has 0 aliphatic carbocycles. The lowest BCUT2D eigenvalue weighted by Gasteiger charge is -2.44. The highest BCUT2D eigenvalue weighted by molar-refractivity contribution is 5.81. The fraction of sp³-hybridized carbons (Fsp3) is 0.321. The van der Waals surface area contributed by atoms with E-state index in [4.69, 9.17) is 4.74 Å². The molecule has 5 heteroatoms. The zero-order valence-corrected chi connectivity index (χ0v) is 19.1. The number of nitrogens with zero attached hydrogens (tertiary/aromatic N) is 2. The van der Waals surface area contributed by atoms with Crippen molar-refractivity contribution in [2.45, 2.75) is 24.9 Å². The second-order valence-electron chi connectivity index (χ2n) is 9.01. The Hall–Kier alpha value is -3.31. The molecule has 0 bridgehead atoms. The van der Waals surface area contributed by atoms with Gasteiger partial charge in [-0.1, -0.05) is 48.5 Å². The molecule has 2 aliphatic heterocycles. The third kappa shape index (κ3) is 3.87. The fourth-order valence-corrected chi connectivity index (χ4v) is 5.57. The quantitative estimate of drug-likeness (QED) is 0.640. The Labute approximate surface area is 195 Å². The van der Waals surface area contributed by atoms with Gasteiger partial charge in [-0.2, -0.15) is 0 Å². The van der Waals surface area contributed by atoms with Gasteiger partial charge in [0.25, 0.3) is 0 Å². The van der Waals surface area contributed by atoms with E-state index >= 15 is 0 Å². The Morgan fingerprint density at radius 3 is 2.45 bits per heavy atom. The summed E-state index contributed by atoms with van der Waals surface area (Å²) in [5.41, 5.74) is 5.52. The summed E-state index contributed by atoms with van der Waals surface area (Å²) in [6, 6.07) is 24.5. The van der Waals surface area contributed by atoms with Crippen LogP contribution in [0.5, 0.6) is 5.75 Å². The first-order valence-electron chi connectivity index (χ1n) is 11.6. The van der Waals surface area contributed by atoms with Gasteiger partial charge in [-0.3, -0.25) is 4.79 Å². The molecule has 0 spiro atoms. The Morgan fingerprint density at radius 2 is 1.76 bits per heavy atom. The Morgan fingerprint density at radius 1 is 1.03 bits per heavy atom. The summed E-state index contributed by atoms with van der Waals surface area (Å²) < 4.78 is 5.31. The zero-order chi connectivity index (χ0) is 22.9. The molecule has 170 valence electrons. The minimum absolute atomic E-state index is 0.00358. The maximum absolute atomic E-state index is 13.4. The van der Waals surface area contributed by atoms with Crippen LogP contribution in [-0.2, 0) is 11.2 Å². The van der Waals surface area contributed by atoms with Crippen LogP contribution in [0.2, 0.25) is 0 Å². The smallest absolute Gasteiger partial charge is 0.227 e. The molecular formula is C28H30N2O3. The molecule has 1 N–H and O–H groups in total. The number of aliphatic hydroxyl groups excluding tert-OH is 1. The SMILES string of the molecule is COc1ccc(-c2ccc3c(c2)[C@H]2[C@H](CCN2C(=O)Cc2ccccc2)[C@H](CO)N3C)cc1. The fourth-order valence-electron chi connectivity index (χ4n) is 5.57. The van der Waals surface area contributed by atoms with Crippen LogP contribution in [0.3, 0.4) is 0 Å². The van der Waals surface area contributed by atoms with Crippen LogP contribution in [0.25, 0.3) is 11.1 Å². The van der Waals surface area contributed by atoms with Crippen LogP contribution in [0.1, 0.15) is 23.6 Å². The average Bonchev–Trinajstić information content (AvgIpc) is 3.30. The van der Waals surface area contributed by atoms with Gasteiger partial charge in [0.2, 0.25) is 5.91 Å². The number of rotatable bonds is 5. The number of benzene rings is 3. The summed E-state index contributed by atoms with van der Waals surface area (Å²) in [5, 5.41) is 10.2. The van der Waals surface area contributed by atoms with E-state index in [1.165, 1.54) is 5.56 Å². The van der Waals surface area contributed by atoms with Crippen molar-refractivity contribution in [3.05, 3.63) is 83.9 Å². The van der Waals surface area contributed by atoms with E-state index in [9.17, 15) is 9.90 Å². The maximum atomic E-state index is 13.4. The van der Waals surface area contributed by atoms with Crippen LogP contribution in [0.15, 0.2) is 72.8 Å². The number of hydrogen-bond donors (Lipinski definition) is 1. The zero-order valence-electron chi connectivity index (χ0n) is 19.1. The highest BCUT2D eigenvalue weighted by Gasteiger charge is 2.47. The van der Waals surface area contributed by atoms with Crippen molar-refractivity contribution in [2.24, 2.45) is 5.92 Å². The van der Waals surface area contributed by atoms with E-state index in [0.717, 1.165) is 41.1 Å². The summed E-state index contributed by atoms with van der Waals surface area (Å²) >= 11 is 0. The molecule has 3 aromatic carbocycles. The molecule has 0 aromatic heterocycles. The number of aliphatic hydroxyl groups is 1. The van der Waals surface area contributed by atoms with Gasteiger partial charge in [0.1, 0.15) is 5.75 Å². The van der Waals surface area contributed by atoms with Crippen molar-refractivity contribution >= 4 is 11.6 Å². The van der Waals surface area contributed by atoms with E-state index < -0.39 is 0 Å². The van der Waals surface area contributed by atoms with E-state index in [2.05, 4.69) is 42.3 Å². The third-order valence-corrected chi connectivity index (χ3v) is 7.29. The van der Waals surface area contributed by atoms with Gasteiger partial charge < -0.3 is 19.6 Å². The molecule has 1 amide bonds. The lowest BCUT2D eigenvalue weighted by atomic mass is 9.81. The number of carbonyl (C=O) groups is 1. The van der Waals surface area contributed by atoms with E-state index in [0.29, 0.717) is 6.42 Å². The van der Waals surface area contributed by atoms with Gasteiger partial charge >= 0.3 is 0 Å². The summed E-state index contributed by atoms with van der Waals surface area (Å²) in [4.78, 5) is 17.7. The normalized spacial score (nSPS) is 21.5. The first-order valence-corrected chi connectivity index (χ1v) is 11.6. The first kappa shape index (κ1) is 21.5. The van der Waals surface area contributed by atoms with Crippen LogP contribution in [0.4, 0.5) is 5.69 Å². The van der Waals surface area contributed by atoms with E-state index in [-0.39, 0.29) is 30.5 Å². The molecule has 2 aliphatic rings. The van der Waals surface area contributed by atoms with Crippen molar-refractivity contribution in [3.8, 4) is 16.9 Å². The number of fused-ring (bicyclic) bond motifs is 3. The highest BCUT2D eigenvalue weighted by Crippen LogP contribution is 2.49. The summed E-state index contributed by atoms with van der Waals surface area (Å²) in [5.74, 6) is 1.19. The monoisotopic (exact) mass is 442 g/mol. The predicted molar refractivity (Wildman–Crippen MR) is 130 cm³/mol. The standard InChI is InChI=1S/C28H30N2O3/c1-29-25-13-10-21(20-8-11-22(33-2)12-9-20)17-24(25)28-23(26(29)18-31)14-15-30(28)27(32)16-19-6-4-3-5-7-19/h3-13,17,23,26,28,31H,14-16,18H2,1-2H3/t23-,26+,28-/m1/s1. The van der Waals surface area contributed by atoms with Crippen molar-refractivity contribution < 1.29 is 14.6 Å². The molecule has 1 fully saturated rings. The minimum atomic E-state index is -0.0252. The van der Waals surface area contributed by atoms with Crippen molar-refractivity contribution in [1.29, 1.82) is 0 Å². The number of carbonyl (C=O) groups excluding carboxylic acids is 1. The maximum Gasteiger partial charge on any atom is 0.227 e. The third-order valence-electron chi connectivity index (χ3n) is 7.29. The van der Waals surface area contributed by atoms with Gasteiger partial charge in [0.15, 0.2) is 0 Å². The van der Waals surface area contributed by atoms with Crippen LogP contribution < -0.4 is 9.64 Å². The van der Waals surface area contributed by atoms with Crippen molar-refractivity contribution in [3.63, 3.8) is 0 Å². The number of amides is 1. The van der Waals surface area contributed by atoms with Crippen LogP contribution >= 0.6 is 0 Å². The molecule has 2 heterocycles. The lowest BCUT2D eigenvalue weighted by Crippen LogP contribution is -2.48. The minimum Gasteiger partial charge on any atom is -0.497 e. The molecule has 3 aromatic rings. The second-order valence-corrected chi connectivity index (χ2v) is 9.01. The molecule has 0 saturated carbocycles. The Kier molecular flexibility index (Phi) is 5.81.